The molecule has 3 nitrogen and oxygen atoms in total. The highest BCUT2D eigenvalue weighted by molar-refractivity contribution is 7.82. The van der Waals surface area contributed by atoms with E-state index >= 15 is 9.13 Å². The molecule has 0 aromatic heterocycles. The van der Waals surface area contributed by atoms with Crippen molar-refractivity contribution in [3.05, 3.63) is 121 Å². The minimum Gasteiger partial charge on any atom is -0.313 e. The van der Waals surface area contributed by atoms with Crippen molar-refractivity contribution in [1.29, 1.82) is 0 Å². The van der Waals surface area contributed by atoms with Gasteiger partial charge in [-0.25, -0.2) is 0 Å². The lowest BCUT2D eigenvalue weighted by Gasteiger charge is -2.40. The van der Waals surface area contributed by atoms with Gasteiger partial charge in [-0.15, -0.1) is 0 Å². The zero-order chi connectivity index (χ0) is 25.2. The van der Waals surface area contributed by atoms with Gasteiger partial charge >= 0.3 is 0 Å². The number of rotatable bonds is 6. The fourth-order valence-corrected chi connectivity index (χ4v) is 12.6. The van der Waals surface area contributed by atoms with E-state index in [0.29, 0.717) is 34.1 Å². The van der Waals surface area contributed by atoms with Crippen molar-refractivity contribution in [3.63, 3.8) is 0 Å². The van der Waals surface area contributed by atoms with Crippen LogP contribution >= 0.6 is 14.3 Å². The summed E-state index contributed by atoms with van der Waals surface area (Å²) >= 11 is 0. The topological polar surface area (TPSA) is 51.2 Å². The van der Waals surface area contributed by atoms with Crippen molar-refractivity contribution in [2.75, 3.05) is 0 Å². The fourth-order valence-electron chi connectivity index (χ4n) is 5.58. The van der Waals surface area contributed by atoms with Crippen LogP contribution in [-0.2, 0) is 13.9 Å². The average molecular weight is 513 g/mol. The number of hydrogen-bond acceptors (Lipinski definition) is 3. The van der Waals surface area contributed by atoms with Gasteiger partial charge in [-0.1, -0.05) is 128 Å². The molecule has 5 rings (SSSR count). The molecule has 1 saturated carbocycles. The molecule has 0 spiro atoms. The van der Waals surface area contributed by atoms with Gasteiger partial charge in [0.15, 0.2) is 20.1 Å². The molecule has 1 aliphatic rings. The van der Waals surface area contributed by atoms with Crippen LogP contribution in [0.1, 0.15) is 19.8 Å². The quantitative estimate of drug-likeness (QED) is 0.309. The van der Waals surface area contributed by atoms with Gasteiger partial charge in [-0.3, -0.25) is 4.79 Å². The van der Waals surface area contributed by atoms with E-state index in [1.165, 1.54) is 0 Å². The highest BCUT2D eigenvalue weighted by Crippen LogP contribution is 2.60. The highest BCUT2D eigenvalue weighted by atomic mass is 31.2. The molecule has 0 heterocycles. The number of carbonyl (C=O) groups is 1. The Hall–Kier alpha value is -2.99. The molecule has 0 aliphatic heterocycles. The van der Waals surface area contributed by atoms with Crippen LogP contribution in [0, 0.1) is 5.92 Å². The Kier molecular flexibility index (Phi) is 6.98. The largest absolute Gasteiger partial charge is 0.313 e. The zero-order valence-corrected chi connectivity index (χ0v) is 22.1. The molecule has 0 amide bonds. The summed E-state index contributed by atoms with van der Waals surface area (Å²) in [6, 6.07) is 37.5. The lowest BCUT2D eigenvalue weighted by Crippen LogP contribution is -2.46. The molecule has 0 radical (unpaired) electrons. The molecule has 36 heavy (non-hydrogen) atoms. The minimum atomic E-state index is -3.35. The summed E-state index contributed by atoms with van der Waals surface area (Å²) < 4.78 is 30.3. The third kappa shape index (κ3) is 4.26. The molecule has 4 aromatic carbocycles. The number of carbonyl (C=O) groups excluding carboxylic acids is 1. The summed E-state index contributed by atoms with van der Waals surface area (Å²) in [5.74, 6) is -0.0422. The van der Waals surface area contributed by atoms with E-state index in [-0.39, 0.29) is 11.7 Å². The van der Waals surface area contributed by atoms with E-state index in [9.17, 15) is 4.79 Å². The van der Waals surface area contributed by atoms with Crippen molar-refractivity contribution in [2.45, 2.75) is 31.1 Å². The van der Waals surface area contributed by atoms with Crippen LogP contribution in [0.3, 0.4) is 0 Å². The van der Waals surface area contributed by atoms with E-state index in [4.69, 9.17) is 0 Å². The minimum absolute atomic E-state index is 0.0965. The first-order valence-corrected chi connectivity index (χ1v) is 16.0. The molecule has 1 aliphatic carbocycles. The van der Waals surface area contributed by atoms with Crippen LogP contribution in [0.4, 0.5) is 0 Å². The van der Waals surface area contributed by atoms with Crippen LogP contribution in [0.25, 0.3) is 0 Å². The van der Waals surface area contributed by atoms with Crippen molar-refractivity contribution in [3.8, 4) is 0 Å². The lowest BCUT2D eigenvalue weighted by molar-refractivity contribution is -0.120. The summed E-state index contributed by atoms with van der Waals surface area (Å²) in [5, 5.41) is 2.71. The van der Waals surface area contributed by atoms with E-state index in [1.54, 1.807) is 0 Å². The number of Topliss-reactive ketones (excluding diaryl/α,β-unsaturated/α-hetero) is 1. The zero-order valence-electron chi connectivity index (χ0n) is 20.3. The summed E-state index contributed by atoms with van der Waals surface area (Å²) in [7, 11) is -6.71. The predicted octanol–water partition coefficient (Wildman–Crippen LogP) is 5.75. The molecular weight excluding hydrogens is 482 g/mol. The van der Waals surface area contributed by atoms with Gasteiger partial charge in [0.25, 0.3) is 0 Å². The first-order chi connectivity index (χ1) is 17.5. The lowest BCUT2D eigenvalue weighted by atomic mass is 9.89. The maximum atomic E-state index is 15.2. The fraction of sp³-hybridized carbons (Fsp3) is 0.194. The van der Waals surface area contributed by atoms with Crippen molar-refractivity contribution >= 4 is 41.3 Å². The summed E-state index contributed by atoms with van der Waals surface area (Å²) in [4.78, 5) is 14.5. The Morgan fingerprint density at radius 3 is 1.00 bits per heavy atom. The number of hydrogen-bond donors (Lipinski definition) is 0. The van der Waals surface area contributed by atoms with Gasteiger partial charge < -0.3 is 9.13 Å². The number of ketones is 1. The Balaban J connectivity index is 1.69. The van der Waals surface area contributed by atoms with Crippen LogP contribution in [0.2, 0.25) is 0 Å². The van der Waals surface area contributed by atoms with Gasteiger partial charge in [0, 0.05) is 21.2 Å². The SMILES string of the molecule is CC1C[C@H](P(=O)(c2ccccc2)c2ccccc2)C(=O)[C@@H](P(=O)(c2ccccc2)c2ccccc2)C1. The van der Waals surface area contributed by atoms with Gasteiger partial charge in [-0.2, -0.15) is 0 Å². The van der Waals surface area contributed by atoms with Crippen molar-refractivity contribution in [2.24, 2.45) is 5.92 Å². The second-order valence-electron chi connectivity index (χ2n) is 9.67. The molecule has 2 atom stereocenters. The van der Waals surface area contributed by atoms with Gasteiger partial charge in [0.05, 0.1) is 11.3 Å². The smallest absolute Gasteiger partial charge is 0.154 e. The van der Waals surface area contributed by atoms with Gasteiger partial charge in [-0.05, 0) is 18.8 Å². The average Bonchev–Trinajstić information content (AvgIpc) is 2.95. The highest BCUT2D eigenvalue weighted by Gasteiger charge is 2.52. The number of benzene rings is 4. The Bertz CT molecular complexity index is 1220. The maximum absolute atomic E-state index is 15.2. The standard InChI is InChI=1S/C31H30O3P2/c1-24-22-29(35(33,25-14-6-2-7-15-25)26-16-8-3-9-17-26)31(32)30(23-24)36(34,27-18-10-4-11-19-27)28-20-12-5-13-21-28/h2-21,24,29-30H,22-23H2,1H3/t29-,30-/m0/s1. The molecule has 0 bridgehead atoms. The van der Waals surface area contributed by atoms with E-state index in [2.05, 4.69) is 6.92 Å². The molecule has 4 aromatic rings. The van der Waals surface area contributed by atoms with E-state index in [0.717, 1.165) is 0 Å². The third-order valence-corrected chi connectivity index (χ3v) is 14.3. The van der Waals surface area contributed by atoms with Crippen molar-refractivity contribution < 1.29 is 13.9 Å². The molecular formula is C31H30O3P2. The summed E-state index contributed by atoms with van der Waals surface area (Å²) in [5.41, 5.74) is -1.45. The Morgan fingerprint density at radius 2 is 0.750 bits per heavy atom. The first kappa shape index (κ1) is 24.7. The molecule has 0 N–H and O–H groups in total. The van der Waals surface area contributed by atoms with E-state index in [1.807, 2.05) is 121 Å². The molecule has 5 heteroatoms. The van der Waals surface area contributed by atoms with Crippen LogP contribution in [0.5, 0.6) is 0 Å². The van der Waals surface area contributed by atoms with Gasteiger partial charge in [0.1, 0.15) is 0 Å². The molecule has 182 valence electrons. The Morgan fingerprint density at radius 1 is 0.500 bits per heavy atom. The monoisotopic (exact) mass is 512 g/mol. The summed E-state index contributed by atoms with van der Waals surface area (Å²) in [6.07, 6.45) is 1.03. The van der Waals surface area contributed by atoms with Crippen molar-refractivity contribution in [1.82, 2.24) is 0 Å². The first-order valence-electron chi connectivity index (χ1n) is 12.4. The normalized spacial score (nSPS) is 20.7. The summed E-state index contributed by atoms with van der Waals surface area (Å²) in [6.45, 7) is 2.09. The maximum Gasteiger partial charge on any atom is 0.154 e. The Labute approximate surface area is 213 Å². The van der Waals surface area contributed by atoms with Crippen LogP contribution < -0.4 is 21.2 Å². The second kappa shape index (κ2) is 10.2. The third-order valence-electron chi connectivity index (χ3n) is 7.35. The van der Waals surface area contributed by atoms with Crippen LogP contribution in [0.15, 0.2) is 121 Å². The predicted molar refractivity (Wildman–Crippen MR) is 150 cm³/mol. The second-order valence-corrected chi connectivity index (χ2v) is 15.6. The van der Waals surface area contributed by atoms with E-state index < -0.39 is 25.6 Å². The molecule has 0 saturated heterocycles. The molecule has 1 fully saturated rings. The van der Waals surface area contributed by atoms with Crippen LogP contribution in [-0.4, -0.2) is 17.1 Å². The molecule has 0 unspecified atom stereocenters. The van der Waals surface area contributed by atoms with Gasteiger partial charge in [0.2, 0.25) is 0 Å².